The zero-order valence-electron chi connectivity index (χ0n) is 12.8. The van der Waals surface area contributed by atoms with E-state index in [0.29, 0.717) is 24.7 Å². The Hall–Kier alpha value is -1.55. The van der Waals surface area contributed by atoms with Crippen LogP contribution >= 0.6 is 0 Å². The Morgan fingerprint density at radius 3 is 2.43 bits per heavy atom. The maximum atomic E-state index is 12.6. The van der Waals surface area contributed by atoms with E-state index in [1.807, 2.05) is 43.1 Å². The summed E-state index contributed by atoms with van der Waals surface area (Å²) in [5.74, 6) is 0.931. The number of hydrogen-bond donors (Lipinski definition) is 1. The van der Waals surface area contributed by atoms with E-state index in [9.17, 15) is 4.79 Å². The first-order valence-corrected chi connectivity index (χ1v) is 7.93. The minimum absolute atomic E-state index is 0.115. The van der Waals surface area contributed by atoms with Crippen LogP contribution in [0, 0.1) is 0 Å². The number of rotatable bonds is 4. The highest BCUT2D eigenvalue weighted by molar-refractivity contribution is 5.94. The van der Waals surface area contributed by atoms with Crippen molar-refractivity contribution >= 4 is 5.91 Å². The summed E-state index contributed by atoms with van der Waals surface area (Å²) in [6, 6.07) is 9.03. The van der Waals surface area contributed by atoms with E-state index in [0.717, 1.165) is 24.2 Å². The molecule has 114 valence electrons. The Morgan fingerprint density at radius 1 is 1.24 bits per heavy atom. The van der Waals surface area contributed by atoms with Gasteiger partial charge in [0.2, 0.25) is 0 Å². The molecule has 2 heterocycles. The Balaban J connectivity index is 1.66. The molecule has 1 aromatic carbocycles. The standard InChI is InChI=1S/C17H24N2O2/c1-3-21-16-8-4-12(5-9-16)17(20)19(2)15-10-13-6-7-14(11-15)18-13/h4-5,8-9,13-15,18H,3,6-7,10-11H2,1-2H3. The van der Waals surface area contributed by atoms with Crippen LogP contribution < -0.4 is 10.1 Å². The highest BCUT2D eigenvalue weighted by Gasteiger charge is 2.36. The van der Waals surface area contributed by atoms with Crippen LogP contribution in [0.15, 0.2) is 24.3 Å². The number of ether oxygens (including phenoxy) is 1. The third-order valence-electron chi connectivity index (χ3n) is 4.73. The predicted molar refractivity (Wildman–Crippen MR) is 82.7 cm³/mol. The smallest absolute Gasteiger partial charge is 0.253 e. The Bertz CT molecular complexity index is 488. The zero-order valence-corrected chi connectivity index (χ0v) is 12.8. The van der Waals surface area contributed by atoms with Crippen LogP contribution in [0.5, 0.6) is 5.75 Å². The second kappa shape index (κ2) is 6.06. The molecule has 2 aliphatic heterocycles. The highest BCUT2D eigenvalue weighted by atomic mass is 16.5. The first kappa shape index (κ1) is 14.4. The largest absolute Gasteiger partial charge is 0.494 e. The van der Waals surface area contributed by atoms with Crippen molar-refractivity contribution < 1.29 is 9.53 Å². The summed E-state index contributed by atoms with van der Waals surface area (Å²) >= 11 is 0. The monoisotopic (exact) mass is 288 g/mol. The van der Waals surface area contributed by atoms with E-state index >= 15 is 0 Å². The first-order valence-electron chi connectivity index (χ1n) is 7.93. The molecule has 1 amide bonds. The third kappa shape index (κ3) is 3.05. The van der Waals surface area contributed by atoms with Crippen LogP contribution in [0.3, 0.4) is 0 Å². The van der Waals surface area contributed by atoms with E-state index < -0.39 is 0 Å². The van der Waals surface area contributed by atoms with Gasteiger partial charge in [0.25, 0.3) is 5.91 Å². The van der Waals surface area contributed by atoms with Gasteiger partial charge in [-0.25, -0.2) is 0 Å². The molecule has 2 aliphatic rings. The third-order valence-corrected chi connectivity index (χ3v) is 4.73. The molecular formula is C17H24N2O2. The van der Waals surface area contributed by atoms with Crippen molar-refractivity contribution in [2.75, 3.05) is 13.7 Å². The molecule has 3 rings (SSSR count). The van der Waals surface area contributed by atoms with E-state index in [4.69, 9.17) is 4.74 Å². The van der Waals surface area contributed by atoms with Gasteiger partial charge in [-0.2, -0.15) is 0 Å². The summed E-state index contributed by atoms with van der Waals surface area (Å²) < 4.78 is 5.42. The van der Waals surface area contributed by atoms with E-state index in [2.05, 4.69) is 5.32 Å². The van der Waals surface area contributed by atoms with Gasteiger partial charge in [-0.05, 0) is 56.9 Å². The number of nitrogens with zero attached hydrogens (tertiary/aromatic N) is 1. The summed E-state index contributed by atoms with van der Waals surface area (Å²) in [6.07, 6.45) is 4.67. The van der Waals surface area contributed by atoms with E-state index in [1.54, 1.807) is 0 Å². The summed E-state index contributed by atoms with van der Waals surface area (Å²) in [7, 11) is 1.94. The summed E-state index contributed by atoms with van der Waals surface area (Å²) in [6.45, 7) is 2.60. The average Bonchev–Trinajstić information content (AvgIpc) is 2.85. The molecule has 2 fully saturated rings. The molecule has 4 heteroatoms. The number of benzene rings is 1. The van der Waals surface area contributed by atoms with Crippen LogP contribution in [0.25, 0.3) is 0 Å². The summed E-state index contributed by atoms with van der Waals surface area (Å²) in [5, 5.41) is 3.62. The van der Waals surface area contributed by atoms with Crippen molar-refractivity contribution in [2.24, 2.45) is 0 Å². The Morgan fingerprint density at radius 2 is 1.86 bits per heavy atom. The van der Waals surface area contributed by atoms with Crippen LogP contribution in [0.4, 0.5) is 0 Å². The van der Waals surface area contributed by atoms with Crippen molar-refractivity contribution in [3.8, 4) is 5.75 Å². The van der Waals surface area contributed by atoms with Crippen molar-refractivity contribution in [3.05, 3.63) is 29.8 Å². The number of fused-ring (bicyclic) bond motifs is 2. The molecule has 0 spiro atoms. The molecule has 0 radical (unpaired) electrons. The molecule has 21 heavy (non-hydrogen) atoms. The van der Waals surface area contributed by atoms with Gasteiger partial charge in [0.15, 0.2) is 0 Å². The van der Waals surface area contributed by atoms with Crippen LogP contribution in [-0.4, -0.2) is 42.6 Å². The number of carbonyl (C=O) groups excluding carboxylic acids is 1. The van der Waals surface area contributed by atoms with Gasteiger partial charge in [0.1, 0.15) is 5.75 Å². The summed E-state index contributed by atoms with van der Waals surface area (Å²) in [4.78, 5) is 14.5. The first-order chi connectivity index (χ1) is 10.2. The topological polar surface area (TPSA) is 41.6 Å². The van der Waals surface area contributed by atoms with Gasteiger partial charge in [-0.1, -0.05) is 0 Å². The molecule has 0 saturated carbocycles. The summed E-state index contributed by atoms with van der Waals surface area (Å²) in [5.41, 5.74) is 0.742. The highest BCUT2D eigenvalue weighted by Crippen LogP contribution is 2.29. The molecule has 0 aromatic heterocycles. The molecule has 2 bridgehead atoms. The molecule has 2 atom stereocenters. The fourth-order valence-corrected chi connectivity index (χ4v) is 3.57. The molecule has 2 saturated heterocycles. The predicted octanol–water partition coefficient (Wildman–Crippen LogP) is 2.44. The van der Waals surface area contributed by atoms with E-state index in [-0.39, 0.29) is 5.91 Å². The quantitative estimate of drug-likeness (QED) is 0.925. The number of amides is 1. The minimum atomic E-state index is 0.115. The lowest BCUT2D eigenvalue weighted by Gasteiger charge is -2.35. The van der Waals surface area contributed by atoms with E-state index in [1.165, 1.54) is 12.8 Å². The maximum absolute atomic E-state index is 12.6. The van der Waals surface area contributed by atoms with Gasteiger partial charge < -0.3 is 15.0 Å². The Labute approximate surface area is 126 Å². The Kier molecular flexibility index (Phi) is 4.15. The number of hydrogen-bond acceptors (Lipinski definition) is 3. The molecule has 2 unspecified atom stereocenters. The molecule has 1 N–H and O–H groups in total. The van der Waals surface area contributed by atoms with Crippen LogP contribution in [0.2, 0.25) is 0 Å². The van der Waals surface area contributed by atoms with Gasteiger partial charge in [0, 0.05) is 30.7 Å². The lowest BCUT2D eigenvalue weighted by molar-refractivity contribution is 0.0681. The molecule has 4 nitrogen and oxygen atoms in total. The second-order valence-electron chi connectivity index (χ2n) is 6.14. The zero-order chi connectivity index (χ0) is 14.8. The normalized spacial score (nSPS) is 27.4. The molecule has 0 aliphatic carbocycles. The lowest BCUT2D eigenvalue weighted by Crippen LogP contribution is -2.48. The van der Waals surface area contributed by atoms with Gasteiger partial charge >= 0.3 is 0 Å². The SMILES string of the molecule is CCOc1ccc(C(=O)N(C)C2CC3CCC(C2)N3)cc1. The van der Waals surface area contributed by atoms with Crippen molar-refractivity contribution in [1.82, 2.24) is 10.2 Å². The van der Waals surface area contributed by atoms with Crippen LogP contribution in [0.1, 0.15) is 43.0 Å². The fourth-order valence-electron chi connectivity index (χ4n) is 3.57. The second-order valence-corrected chi connectivity index (χ2v) is 6.14. The van der Waals surface area contributed by atoms with Gasteiger partial charge in [0.05, 0.1) is 6.61 Å². The minimum Gasteiger partial charge on any atom is -0.494 e. The maximum Gasteiger partial charge on any atom is 0.253 e. The van der Waals surface area contributed by atoms with Crippen molar-refractivity contribution in [3.63, 3.8) is 0 Å². The van der Waals surface area contributed by atoms with Gasteiger partial charge in [-0.3, -0.25) is 4.79 Å². The van der Waals surface area contributed by atoms with Gasteiger partial charge in [-0.15, -0.1) is 0 Å². The lowest BCUT2D eigenvalue weighted by atomic mass is 9.98. The average molecular weight is 288 g/mol. The van der Waals surface area contributed by atoms with Crippen LogP contribution in [-0.2, 0) is 0 Å². The number of nitrogens with one attached hydrogen (secondary N) is 1. The van der Waals surface area contributed by atoms with Crippen molar-refractivity contribution in [1.29, 1.82) is 0 Å². The molecule has 1 aromatic rings. The molecular weight excluding hydrogens is 264 g/mol. The number of piperidine rings is 1. The van der Waals surface area contributed by atoms with Crippen molar-refractivity contribution in [2.45, 2.75) is 50.7 Å². The number of carbonyl (C=O) groups is 1. The fraction of sp³-hybridized carbons (Fsp3) is 0.588.